The summed E-state index contributed by atoms with van der Waals surface area (Å²) >= 11 is 14.7. The minimum absolute atomic E-state index is 0.0600. The summed E-state index contributed by atoms with van der Waals surface area (Å²) in [4.78, 5) is 25.4. The maximum Gasteiger partial charge on any atom is 0.211 e. The highest BCUT2D eigenvalue weighted by Crippen LogP contribution is 2.46. The second-order valence-electron chi connectivity index (χ2n) is 7.22. The van der Waals surface area contributed by atoms with Gasteiger partial charge in [0.15, 0.2) is 0 Å². The molecule has 2 atom stereocenters. The fourth-order valence-electron chi connectivity index (χ4n) is 3.23. The Hall–Kier alpha value is 1.10. The quantitative estimate of drug-likeness (QED) is 0.212. The molecular formula is C22H28O2S8. The van der Waals surface area contributed by atoms with E-state index in [1.165, 1.54) is 82.7 Å². The van der Waals surface area contributed by atoms with Crippen LogP contribution in [-0.4, -0.2) is 52.9 Å². The Kier molecular flexibility index (Phi) is 13.2. The number of rotatable bonds is 12. The molecule has 0 N–H and O–H groups in total. The summed E-state index contributed by atoms with van der Waals surface area (Å²) < 4.78 is 1.19. The number of hydrogen-bond donors (Lipinski definition) is 0. The van der Waals surface area contributed by atoms with Gasteiger partial charge in [0.2, 0.25) is 10.2 Å². The van der Waals surface area contributed by atoms with Crippen molar-refractivity contribution in [3.05, 3.63) is 45.9 Å². The van der Waals surface area contributed by atoms with Crippen molar-refractivity contribution in [2.45, 2.75) is 45.3 Å². The third kappa shape index (κ3) is 9.99. The predicted molar refractivity (Wildman–Crippen MR) is 160 cm³/mol. The van der Waals surface area contributed by atoms with Gasteiger partial charge in [-0.25, -0.2) is 0 Å². The third-order valence-electron chi connectivity index (χ3n) is 4.87. The van der Waals surface area contributed by atoms with E-state index in [1.54, 1.807) is 0 Å². The lowest BCUT2D eigenvalue weighted by molar-refractivity contribution is -0.107. The SMILES string of the molecule is C=CC(=O)SCC1=CSC(CSC2CCC(SCC3SC=C(CSC(=O)C=C)S3)CC2)S1. The Balaban J connectivity index is 1.22. The lowest BCUT2D eigenvalue weighted by atomic mass is 10.00. The van der Waals surface area contributed by atoms with Crippen LogP contribution in [0.15, 0.2) is 45.9 Å². The maximum absolute atomic E-state index is 11.4. The van der Waals surface area contributed by atoms with Crippen LogP contribution in [0.25, 0.3) is 0 Å². The summed E-state index contributed by atoms with van der Waals surface area (Å²) in [5, 5.41) is 6.20. The van der Waals surface area contributed by atoms with Gasteiger partial charge in [0, 0.05) is 43.3 Å². The van der Waals surface area contributed by atoms with Gasteiger partial charge in [-0.1, -0.05) is 36.7 Å². The molecule has 0 bridgehead atoms. The molecule has 176 valence electrons. The van der Waals surface area contributed by atoms with Crippen molar-refractivity contribution in [3.63, 3.8) is 0 Å². The molecule has 2 nitrogen and oxygen atoms in total. The summed E-state index contributed by atoms with van der Waals surface area (Å²) in [7, 11) is 0. The van der Waals surface area contributed by atoms with E-state index in [4.69, 9.17) is 0 Å². The summed E-state index contributed by atoms with van der Waals surface area (Å²) in [6.45, 7) is 7.06. The molecule has 0 radical (unpaired) electrons. The van der Waals surface area contributed by atoms with Crippen LogP contribution >= 0.6 is 94.1 Å². The maximum atomic E-state index is 11.4. The highest BCUT2D eigenvalue weighted by Gasteiger charge is 2.27. The smallest absolute Gasteiger partial charge is 0.211 e. The lowest BCUT2D eigenvalue weighted by Gasteiger charge is -2.28. The molecule has 1 saturated carbocycles. The van der Waals surface area contributed by atoms with Gasteiger partial charge >= 0.3 is 0 Å². The van der Waals surface area contributed by atoms with Crippen molar-refractivity contribution in [3.8, 4) is 0 Å². The van der Waals surface area contributed by atoms with Gasteiger partial charge in [-0.05, 0) is 48.7 Å². The molecule has 0 aromatic rings. The molecule has 3 rings (SSSR count). The molecule has 2 aliphatic heterocycles. The van der Waals surface area contributed by atoms with Gasteiger partial charge in [-0.3, -0.25) is 9.59 Å². The Morgan fingerprint density at radius 2 is 1.22 bits per heavy atom. The highest BCUT2D eigenvalue weighted by molar-refractivity contribution is 8.25. The molecule has 10 heteroatoms. The van der Waals surface area contributed by atoms with Gasteiger partial charge in [-0.15, -0.1) is 47.0 Å². The van der Waals surface area contributed by atoms with Crippen LogP contribution in [0.3, 0.4) is 0 Å². The molecule has 3 aliphatic rings. The molecule has 1 aliphatic carbocycles. The first-order valence-electron chi connectivity index (χ1n) is 10.4. The van der Waals surface area contributed by atoms with E-state index in [-0.39, 0.29) is 10.2 Å². The highest BCUT2D eigenvalue weighted by atomic mass is 32.2. The van der Waals surface area contributed by atoms with Gasteiger partial charge in [-0.2, -0.15) is 23.5 Å². The number of carbonyl (C=O) groups is 2. The molecule has 0 spiro atoms. The zero-order valence-electron chi connectivity index (χ0n) is 17.8. The summed E-state index contributed by atoms with van der Waals surface area (Å²) in [5.41, 5.74) is 0. The fourth-order valence-corrected chi connectivity index (χ4v) is 13.2. The molecule has 32 heavy (non-hydrogen) atoms. The Bertz CT molecular complexity index is 680. The van der Waals surface area contributed by atoms with Crippen LogP contribution in [0.4, 0.5) is 0 Å². The van der Waals surface area contributed by atoms with Crippen LogP contribution in [0.2, 0.25) is 0 Å². The Morgan fingerprint density at radius 3 is 1.59 bits per heavy atom. The van der Waals surface area contributed by atoms with Gasteiger partial charge in [0.05, 0.1) is 9.16 Å². The summed E-state index contributed by atoms with van der Waals surface area (Å²) in [5.74, 6) is 3.95. The van der Waals surface area contributed by atoms with Gasteiger partial charge < -0.3 is 0 Å². The second kappa shape index (κ2) is 15.3. The monoisotopic (exact) mass is 580 g/mol. The average Bonchev–Trinajstić information content (AvgIpc) is 3.48. The van der Waals surface area contributed by atoms with Gasteiger partial charge in [0.1, 0.15) is 0 Å². The van der Waals surface area contributed by atoms with Crippen molar-refractivity contribution >= 4 is 104 Å². The van der Waals surface area contributed by atoms with Crippen molar-refractivity contribution in [2.24, 2.45) is 0 Å². The normalized spacial score (nSPS) is 27.6. The van der Waals surface area contributed by atoms with E-state index >= 15 is 0 Å². The van der Waals surface area contributed by atoms with E-state index in [0.29, 0.717) is 9.16 Å². The number of carbonyl (C=O) groups excluding carboxylic acids is 2. The molecule has 2 unspecified atom stereocenters. The molecule has 0 amide bonds. The van der Waals surface area contributed by atoms with Crippen molar-refractivity contribution < 1.29 is 9.59 Å². The standard InChI is InChI=1S/C22H28O2S8/c1-3-19(23)27-9-17-11-29-21(31-17)13-25-15-5-7-16(8-6-15)26-14-22-30-12-18(32-22)10-28-20(24)4-2/h3-4,11-12,15-16,21-22H,1-2,5-10,13-14H2. The molecular weight excluding hydrogens is 553 g/mol. The first-order chi connectivity index (χ1) is 15.6. The van der Waals surface area contributed by atoms with Crippen LogP contribution in [-0.2, 0) is 9.59 Å². The molecule has 2 heterocycles. The van der Waals surface area contributed by atoms with Crippen LogP contribution in [0, 0.1) is 0 Å². The van der Waals surface area contributed by atoms with Crippen molar-refractivity contribution in [2.75, 3.05) is 23.0 Å². The minimum Gasteiger partial charge on any atom is -0.282 e. The molecule has 0 aromatic carbocycles. The average molecular weight is 581 g/mol. The predicted octanol–water partition coefficient (Wildman–Crippen LogP) is 7.95. The van der Waals surface area contributed by atoms with E-state index in [9.17, 15) is 9.59 Å². The summed E-state index contributed by atoms with van der Waals surface area (Å²) in [6, 6.07) is 0. The topological polar surface area (TPSA) is 34.1 Å². The Labute approximate surface area is 226 Å². The van der Waals surface area contributed by atoms with Crippen LogP contribution in [0.5, 0.6) is 0 Å². The third-order valence-corrected chi connectivity index (χ3v) is 16.1. The first-order valence-corrected chi connectivity index (χ1v) is 18.1. The van der Waals surface area contributed by atoms with E-state index < -0.39 is 0 Å². The zero-order valence-corrected chi connectivity index (χ0v) is 24.3. The minimum atomic E-state index is 0.0600. The molecule has 0 aromatic heterocycles. The number of hydrogen-bond acceptors (Lipinski definition) is 10. The van der Waals surface area contributed by atoms with Crippen molar-refractivity contribution in [1.82, 2.24) is 0 Å². The molecule has 0 saturated heterocycles. The van der Waals surface area contributed by atoms with Crippen molar-refractivity contribution in [1.29, 1.82) is 0 Å². The summed E-state index contributed by atoms with van der Waals surface area (Å²) in [6.07, 6.45) is 8.14. The van der Waals surface area contributed by atoms with E-state index in [2.05, 4.69) is 47.5 Å². The first kappa shape index (κ1) is 27.7. The van der Waals surface area contributed by atoms with E-state index in [0.717, 1.165) is 22.0 Å². The lowest BCUT2D eigenvalue weighted by Crippen LogP contribution is -2.20. The molecule has 1 fully saturated rings. The Morgan fingerprint density at radius 1 is 0.812 bits per heavy atom. The fraction of sp³-hybridized carbons (Fsp3) is 0.545. The van der Waals surface area contributed by atoms with E-state index in [1.807, 2.05) is 47.0 Å². The second-order valence-corrected chi connectivity index (χ2v) is 17.3. The van der Waals surface area contributed by atoms with Crippen LogP contribution < -0.4 is 0 Å². The van der Waals surface area contributed by atoms with Crippen LogP contribution in [0.1, 0.15) is 25.7 Å². The van der Waals surface area contributed by atoms with Gasteiger partial charge in [0.25, 0.3) is 0 Å². The number of thioether (sulfide) groups is 8. The zero-order chi connectivity index (χ0) is 22.8. The largest absolute Gasteiger partial charge is 0.282 e.